The molecule has 1 aromatic carbocycles. The summed E-state index contributed by atoms with van der Waals surface area (Å²) < 4.78 is 14.2. The van der Waals surface area contributed by atoms with E-state index in [1.807, 2.05) is 0 Å². The summed E-state index contributed by atoms with van der Waals surface area (Å²) in [5.41, 5.74) is 6.74. The Morgan fingerprint density at radius 3 is 2.89 bits per heavy atom. The van der Waals surface area contributed by atoms with Gasteiger partial charge >= 0.3 is 0 Å². The zero-order valence-electron chi connectivity index (χ0n) is 10.2. The quantitative estimate of drug-likeness (QED) is 0.865. The lowest BCUT2D eigenvalue weighted by molar-refractivity contribution is 0.0708. The molecule has 0 unspecified atom stereocenters. The fourth-order valence-corrected chi connectivity index (χ4v) is 2.58. The summed E-state index contributed by atoms with van der Waals surface area (Å²) in [6.07, 6.45) is 1.85. The minimum absolute atomic E-state index is 0.0291. The summed E-state index contributed by atoms with van der Waals surface area (Å²) in [5, 5.41) is 0. The normalized spacial score (nSPS) is 20.0. The lowest BCUT2D eigenvalue weighted by atomic mass is 10.0. The van der Waals surface area contributed by atoms with Gasteiger partial charge in [-0.05, 0) is 37.5 Å². The molecule has 1 aliphatic heterocycles. The van der Waals surface area contributed by atoms with Gasteiger partial charge in [-0.15, -0.1) is 0 Å². The van der Waals surface area contributed by atoms with Crippen molar-refractivity contribution >= 4 is 21.8 Å². The van der Waals surface area contributed by atoms with Gasteiger partial charge in [0, 0.05) is 29.2 Å². The summed E-state index contributed by atoms with van der Waals surface area (Å²) in [5.74, 6) is -0.515. The van der Waals surface area contributed by atoms with E-state index >= 15 is 0 Å². The van der Waals surface area contributed by atoms with Gasteiger partial charge in [-0.25, -0.2) is 4.39 Å². The maximum atomic E-state index is 13.6. The number of amides is 1. The molecule has 1 atom stereocenters. The number of carbonyl (C=O) groups is 1. The van der Waals surface area contributed by atoms with Crippen LogP contribution in [0.3, 0.4) is 0 Å². The Morgan fingerprint density at radius 1 is 1.56 bits per heavy atom. The Balaban J connectivity index is 2.23. The predicted octanol–water partition coefficient (Wildman–Crippen LogP) is 2.46. The van der Waals surface area contributed by atoms with Crippen LogP contribution in [0.2, 0.25) is 0 Å². The Hall–Kier alpha value is -0.940. The van der Waals surface area contributed by atoms with Crippen LogP contribution in [-0.2, 0) is 0 Å². The standard InChI is InChI=1S/C13H16BrFN2O/c1-8-11(14)5-9(6-12(8)15)13(18)17-4-2-3-10(16)7-17/h5-6,10H,2-4,7,16H2,1H3/t10-/m0/s1. The summed E-state index contributed by atoms with van der Waals surface area (Å²) in [6, 6.07) is 2.99. The molecule has 1 amide bonds. The Morgan fingerprint density at radius 2 is 2.28 bits per heavy atom. The molecule has 1 heterocycles. The van der Waals surface area contributed by atoms with Crippen molar-refractivity contribution in [2.24, 2.45) is 5.73 Å². The van der Waals surface area contributed by atoms with Gasteiger partial charge in [0.25, 0.3) is 5.91 Å². The Bertz CT molecular complexity index is 455. The molecule has 1 saturated heterocycles. The van der Waals surface area contributed by atoms with Crippen LogP contribution >= 0.6 is 15.9 Å². The first-order valence-corrected chi connectivity index (χ1v) is 6.79. The fraction of sp³-hybridized carbons (Fsp3) is 0.462. The molecule has 2 rings (SSSR count). The van der Waals surface area contributed by atoms with E-state index in [0.717, 1.165) is 12.8 Å². The molecular weight excluding hydrogens is 299 g/mol. The van der Waals surface area contributed by atoms with Crippen molar-refractivity contribution in [3.05, 3.63) is 33.5 Å². The third-order valence-electron chi connectivity index (χ3n) is 3.27. The van der Waals surface area contributed by atoms with E-state index in [0.29, 0.717) is 28.7 Å². The number of nitrogens with two attached hydrogens (primary N) is 1. The van der Waals surface area contributed by atoms with Crippen molar-refractivity contribution in [1.82, 2.24) is 4.90 Å². The lowest BCUT2D eigenvalue weighted by Gasteiger charge is -2.30. The van der Waals surface area contributed by atoms with Crippen molar-refractivity contribution in [2.45, 2.75) is 25.8 Å². The van der Waals surface area contributed by atoms with Crippen LogP contribution in [0.25, 0.3) is 0 Å². The van der Waals surface area contributed by atoms with Gasteiger partial charge in [-0.3, -0.25) is 4.79 Å². The minimum Gasteiger partial charge on any atom is -0.337 e. The molecule has 0 bridgehead atoms. The highest BCUT2D eigenvalue weighted by atomic mass is 79.9. The molecule has 1 aromatic rings. The van der Waals surface area contributed by atoms with Crippen molar-refractivity contribution in [3.8, 4) is 0 Å². The fourth-order valence-electron chi connectivity index (χ4n) is 2.15. The average molecular weight is 315 g/mol. The van der Waals surface area contributed by atoms with E-state index in [9.17, 15) is 9.18 Å². The molecule has 0 spiro atoms. The van der Waals surface area contributed by atoms with Crippen LogP contribution < -0.4 is 5.73 Å². The smallest absolute Gasteiger partial charge is 0.254 e. The van der Waals surface area contributed by atoms with Gasteiger partial charge in [0.1, 0.15) is 5.82 Å². The predicted molar refractivity (Wildman–Crippen MR) is 71.9 cm³/mol. The van der Waals surface area contributed by atoms with Crippen LogP contribution in [0, 0.1) is 12.7 Å². The molecule has 1 aliphatic rings. The number of piperidine rings is 1. The number of benzene rings is 1. The van der Waals surface area contributed by atoms with Crippen molar-refractivity contribution in [2.75, 3.05) is 13.1 Å². The summed E-state index contributed by atoms with van der Waals surface area (Å²) in [6.45, 7) is 2.91. The highest BCUT2D eigenvalue weighted by Gasteiger charge is 2.23. The van der Waals surface area contributed by atoms with E-state index in [1.165, 1.54) is 6.07 Å². The van der Waals surface area contributed by atoms with Gasteiger partial charge in [0.15, 0.2) is 0 Å². The monoisotopic (exact) mass is 314 g/mol. The highest BCUT2D eigenvalue weighted by Crippen LogP contribution is 2.22. The number of rotatable bonds is 1. The second-order valence-corrected chi connectivity index (χ2v) is 5.57. The molecule has 0 radical (unpaired) electrons. The first kappa shape index (κ1) is 13.5. The molecular formula is C13H16BrFN2O. The van der Waals surface area contributed by atoms with Gasteiger partial charge in [0.2, 0.25) is 0 Å². The van der Waals surface area contributed by atoms with Crippen molar-refractivity contribution in [3.63, 3.8) is 0 Å². The molecule has 0 aliphatic carbocycles. The molecule has 98 valence electrons. The Labute approximate surface area is 114 Å². The summed E-state index contributed by atoms with van der Waals surface area (Å²) in [4.78, 5) is 13.9. The molecule has 2 N–H and O–H groups in total. The Kier molecular flexibility index (Phi) is 4.02. The third-order valence-corrected chi connectivity index (χ3v) is 4.10. The van der Waals surface area contributed by atoms with E-state index in [2.05, 4.69) is 15.9 Å². The topological polar surface area (TPSA) is 46.3 Å². The van der Waals surface area contributed by atoms with Gasteiger partial charge in [0.05, 0.1) is 0 Å². The molecule has 18 heavy (non-hydrogen) atoms. The van der Waals surface area contributed by atoms with Crippen molar-refractivity contribution in [1.29, 1.82) is 0 Å². The van der Waals surface area contributed by atoms with Crippen LogP contribution in [0.5, 0.6) is 0 Å². The van der Waals surface area contributed by atoms with Crippen LogP contribution in [-0.4, -0.2) is 29.9 Å². The van der Waals surface area contributed by atoms with E-state index in [1.54, 1.807) is 17.9 Å². The first-order chi connectivity index (χ1) is 8.49. The largest absolute Gasteiger partial charge is 0.337 e. The highest BCUT2D eigenvalue weighted by molar-refractivity contribution is 9.10. The second-order valence-electron chi connectivity index (χ2n) is 4.72. The number of nitrogens with zero attached hydrogens (tertiary/aromatic N) is 1. The average Bonchev–Trinajstić information content (AvgIpc) is 2.34. The molecule has 5 heteroatoms. The van der Waals surface area contributed by atoms with E-state index < -0.39 is 0 Å². The maximum absolute atomic E-state index is 13.6. The van der Waals surface area contributed by atoms with Gasteiger partial charge < -0.3 is 10.6 Å². The van der Waals surface area contributed by atoms with Crippen LogP contribution in [0.4, 0.5) is 4.39 Å². The van der Waals surface area contributed by atoms with Gasteiger partial charge in [-0.2, -0.15) is 0 Å². The zero-order chi connectivity index (χ0) is 13.3. The first-order valence-electron chi connectivity index (χ1n) is 5.99. The second kappa shape index (κ2) is 5.36. The van der Waals surface area contributed by atoms with E-state index in [4.69, 9.17) is 5.73 Å². The number of hydrogen-bond acceptors (Lipinski definition) is 2. The summed E-state index contributed by atoms with van der Waals surface area (Å²) >= 11 is 3.27. The molecule has 1 fully saturated rings. The number of hydrogen-bond donors (Lipinski definition) is 1. The SMILES string of the molecule is Cc1c(F)cc(C(=O)N2CCC[C@H](N)C2)cc1Br. The molecule has 3 nitrogen and oxygen atoms in total. The number of carbonyl (C=O) groups excluding carboxylic acids is 1. The van der Waals surface area contributed by atoms with Crippen molar-refractivity contribution < 1.29 is 9.18 Å². The molecule has 0 aromatic heterocycles. The minimum atomic E-state index is -0.367. The van der Waals surface area contributed by atoms with Crippen LogP contribution in [0.15, 0.2) is 16.6 Å². The maximum Gasteiger partial charge on any atom is 0.254 e. The molecule has 0 saturated carbocycles. The summed E-state index contributed by atoms with van der Waals surface area (Å²) in [7, 11) is 0. The van der Waals surface area contributed by atoms with E-state index in [-0.39, 0.29) is 17.8 Å². The van der Waals surface area contributed by atoms with Crippen LogP contribution in [0.1, 0.15) is 28.8 Å². The number of halogens is 2. The van der Waals surface area contributed by atoms with Gasteiger partial charge in [-0.1, -0.05) is 15.9 Å². The lowest BCUT2D eigenvalue weighted by Crippen LogP contribution is -2.45. The number of likely N-dealkylation sites (tertiary alicyclic amines) is 1. The zero-order valence-corrected chi connectivity index (χ0v) is 11.8. The third kappa shape index (κ3) is 2.72.